The molecule has 0 bridgehead atoms. The highest BCUT2D eigenvalue weighted by molar-refractivity contribution is 5.82. The van der Waals surface area contributed by atoms with E-state index < -0.39 is 24.1 Å². The van der Waals surface area contributed by atoms with Gasteiger partial charge in [-0.15, -0.1) is 0 Å². The standard InChI is InChI=1S/C13H24N2O5/c1-8(2)4-11(12(17)18)14-13(19)15-5-9(3)20-10(6-15)7-16/h8-11,16H,4-7H2,1-3H3,(H,14,19)(H,17,18)/t9?,10?,11-/m1/s1. The number of hydrogen-bond donors (Lipinski definition) is 3. The monoisotopic (exact) mass is 288 g/mol. The minimum absolute atomic E-state index is 0.164. The Morgan fingerprint density at radius 1 is 1.40 bits per heavy atom. The molecule has 1 saturated heterocycles. The molecule has 0 aromatic rings. The fraction of sp³-hybridized carbons (Fsp3) is 0.846. The van der Waals surface area contributed by atoms with Crippen molar-refractivity contribution in [1.82, 2.24) is 10.2 Å². The molecule has 0 radical (unpaired) electrons. The summed E-state index contributed by atoms with van der Waals surface area (Å²) in [7, 11) is 0. The molecule has 1 rings (SSSR count). The molecule has 1 aliphatic heterocycles. The van der Waals surface area contributed by atoms with E-state index in [-0.39, 0.29) is 25.2 Å². The summed E-state index contributed by atoms with van der Waals surface area (Å²) in [5, 5.41) is 20.8. The molecule has 1 aliphatic rings. The molecule has 0 saturated carbocycles. The Kier molecular flexibility index (Phi) is 6.22. The maximum atomic E-state index is 12.1. The highest BCUT2D eigenvalue weighted by Crippen LogP contribution is 2.12. The SMILES string of the molecule is CC(C)C[C@@H](NC(=O)N1CC(C)OC(CO)C1)C(=O)O. The van der Waals surface area contributed by atoms with Gasteiger partial charge in [-0.25, -0.2) is 9.59 Å². The predicted molar refractivity (Wildman–Crippen MR) is 72.4 cm³/mol. The van der Waals surface area contributed by atoms with Gasteiger partial charge in [0.1, 0.15) is 6.04 Å². The van der Waals surface area contributed by atoms with E-state index in [9.17, 15) is 9.59 Å². The Hall–Kier alpha value is -1.34. The normalized spacial score (nSPS) is 24.6. The first-order valence-corrected chi connectivity index (χ1v) is 6.88. The molecule has 3 N–H and O–H groups in total. The van der Waals surface area contributed by atoms with Crippen molar-refractivity contribution < 1.29 is 24.5 Å². The third-order valence-electron chi connectivity index (χ3n) is 3.12. The van der Waals surface area contributed by atoms with Crippen LogP contribution in [0.3, 0.4) is 0 Å². The first kappa shape index (κ1) is 16.7. The van der Waals surface area contributed by atoms with Crippen LogP contribution in [-0.4, -0.2) is 65.1 Å². The van der Waals surface area contributed by atoms with Gasteiger partial charge in [-0.05, 0) is 19.3 Å². The Labute approximate surface area is 118 Å². The lowest BCUT2D eigenvalue weighted by Gasteiger charge is -2.36. The number of hydrogen-bond acceptors (Lipinski definition) is 4. The summed E-state index contributed by atoms with van der Waals surface area (Å²) in [5.41, 5.74) is 0. The second-order valence-corrected chi connectivity index (χ2v) is 5.63. The van der Waals surface area contributed by atoms with Crippen LogP contribution in [0.5, 0.6) is 0 Å². The van der Waals surface area contributed by atoms with Crippen LogP contribution in [0, 0.1) is 5.92 Å². The lowest BCUT2D eigenvalue weighted by Crippen LogP contribution is -2.56. The Balaban J connectivity index is 2.61. The number of carboxylic acids is 1. The van der Waals surface area contributed by atoms with Gasteiger partial charge in [-0.2, -0.15) is 0 Å². The summed E-state index contributed by atoms with van der Waals surface area (Å²) in [5.74, 6) is -0.864. The van der Waals surface area contributed by atoms with Crippen LogP contribution in [-0.2, 0) is 9.53 Å². The van der Waals surface area contributed by atoms with Crippen molar-refractivity contribution in [1.29, 1.82) is 0 Å². The summed E-state index contributed by atoms with van der Waals surface area (Å²) in [4.78, 5) is 24.7. The number of nitrogens with one attached hydrogen (secondary N) is 1. The van der Waals surface area contributed by atoms with Crippen molar-refractivity contribution in [3.63, 3.8) is 0 Å². The van der Waals surface area contributed by atoms with Gasteiger partial charge < -0.3 is 25.2 Å². The molecule has 7 nitrogen and oxygen atoms in total. The number of morpholine rings is 1. The zero-order chi connectivity index (χ0) is 15.3. The lowest BCUT2D eigenvalue weighted by atomic mass is 10.0. The van der Waals surface area contributed by atoms with Crippen molar-refractivity contribution in [3.8, 4) is 0 Å². The summed E-state index contributed by atoms with van der Waals surface area (Å²) in [6.45, 7) is 6.10. The molecule has 0 aliphatic carbocycles. The third-order valence-corrected chi connectivity index (χ3v) is 3.12. The third kappa shape index (κ3) is 4.97. The largest absolute Gasteiger partial charge is 0.480 e. The van der Waals surface area contributed by atoms with E-state index in [0.717, 1.165) is 0 Å². The number of aliphatic hydroxyl groups excluding tert-OH is 1. The molecule has 0 aromatic heterocycles. The van der Waals surface area contributed by atoms with E-state index in [1.807, 2.05) is 20.8 Å². The van der Waals surface area contributed by atoms with Gasteiger partial charge in [0.15, 0.2) is 0 Å². The number of amides is 2. The van der Waals surface area contributed by atoms with Gasteiger partial charge in [0, 0.05) is 6.54 Å². The van der Waals surface area contributed by atoms with E-state index in [1.165, 1.54) is 4.90 Å². The number of aliphatic carboxylic acids is 1. The number of ether oxygens (including phenoxy) is 1. The molecule has 0 spiro atoms. The van der Waals surface area contributed by atoms with Crippen molar-refractivity contribution in [2.75, 3.05) is 19.7 Å². The highest BCUT2D eigenvalue weighted by atomic mass is 16.5. The van der Waals surface area contributed by atoms with E-state index >= 15 is 0 Å². The molecule has 116 valence electrons. The molecule has 0 aromatic carbocycles. The molecule has 1 heterocycles. The van der Waals surface area contributed by atoms with E-state index in [1.54, 1.807) is 0 Å². The molecule has 2 unspecified atom stereocenters. The first-order chi connectivity index (χ1) is 9.33. The number of carboxylic acid groups (broad SMARTS) is 1. The van der Waals surface area contributed by atoms with Crippen molar-refractivity contribution in [2.45, 2.75) is 45.4 Å². The maximum Gasteiger partial charge on any atom is 0.326 e. The van der Waals surface area contributed by atoms with Crippen molar-refractivity contribution in [2.24, 2.45) is 5.92 Å². The Morgan fingerprint density at radius 3 is 2.55 bits per heavy atom. The maximum absolute atomic E-state index is 12.1. The summed E-state index contributed by atoms with van der Waals surface area (Å²) >= 11 is 0. The van der Waals surface area contributed by atoms with Crippen molar-refractivity contribution in [3.05, 3.63) is 0 Å². The minimum atomic E-state index is -1.04. The summed E-state index contributed by atoms with van der Waals surface area (Å²) in [6, 6.07) is -1.32. The lowest BCUT2D eigenvalue weighted by molar-refractivity contribution is -0.139. The summed E-state index contributed by atoms with van der Waals surface area (Å²) < 4.78 is 5.44. The molecule has 3 atom stereocenters. The van der Waals surface area contributed by atoms with Gasteiger partial charge >= 0.3 is 12.0 Å². The summed E-state index contributed by atoms with van der Waals surface area (Å²) in [6.07, 6.45) is -0.220. The Morgan fingerprint density at radius 2 is 2.05 bits per heavy atom. The van der Waals surface area contributed by atoms with Gasteiger partial charge in [-0.3, -0.25) is 0 Å². The van der Waals surface area contributed by atoms with Crippen LogP contribution in [0.25, 0.3) is 0 Å². The Bertz CT molecular complexity index is 348. The van der Waals surface area contributed by atoms with Crippen LogP contribution in [0.15, 0.2) is 0 Å². The fourth-order valence-corrected chi connectivity index (χ4v) is 2.25. The van der Waals surface area contributed by atoms with Gasteiger partial charge in [0.25, 0.3) is 0 Å². The molecular formula is C13H24N2O5. The fourth-order valence-electron chi connectivity index (χ4n) is 2.25. The topological polar surface area (TPSA) is 99.1 Å². The second-order valence-electron chi connectivity index (χ2n) is 5.63. The highest BCUT2D eigenvalue weighted by Gasteiger charge is 2.30. The van der Waals surface area contributed by atoms with E-state index in [0.29, 0.717) is 13.0 Å². The number of carbonyl (C=O) groups excluding carboxylic acids is 1. The number of carbonyl (C=O) groups is 2. The average molecular weight is 288 g/mol. The first-order valence-electron chi connectivity index (χ1n) is 6.88. The molecule has 1 fully saturated rings. The van der Waals surface area contributed by atoms with Crippen LogP contribution < -0.4 is 5.32 Å². The van der Waals surface area contributed by atoms with Gasteiger partial charge in [0.2, 0.25) is 0 Å². The average Bonchev–Trinajstić information content (AvgIpc) is 2.36. The van der Waals surface area contributed by atoms with Gasteiger partial charge in [-0.1, -0.05) is 13.8 Å². The smallest absolute Gasteiger partial charge is 0.326 e. The second kappa shape index (κ2) is 7.44. The van der Waals surface area contributed by atoms with Crippen molar-refractivity contribution >= 4 is 12.0 Å². The number of nitrogens with zero attached hydrogens (tertiary/aromatic N) is 1. The minimum Gasteiger partial charge on any atom is -0.480 e. The quantitative estimate of drug-likeness (QED) is 0.674. The zero-order valence-electron chi connectivity index (χ0n) is 12.2. The van der Waals surface area contributed by atoms with E-state index in [2.05, 4.69) is 5.32 Å². The van der Waals surface area contributed by atoms with Crippen LogP contribution in [0.1, 0.15) is 27.2 Å². The van der Waals surface area contributed by atoms with Gasteiger partial charge in [0.05, 0.1) is 25.4 Å². The molecule has 2 amide bonds. The van der Waals surface area contributed by atoms with Crippen LogP contribution >= 0.6 is 0 Å². The number of aliphatic hydroxyl groups is 1. The number of rotatable bonds is 5. The zero-order valence-corrected chi connectivity index (χ0v) is 12.2. The number of urea groups is 1. The van der Waals surface area contributed by atoms with Crippen LogP contribution in [0.4, 0.5) is 4.79 Å². The van der Waals surface area contributed by atoms with E-state index in [4.69, 9.17) is 14.9 Å². The molecular weight excluding hydrogens is 264 g/mol. The molecule has 20 heavy (non-hydrogen) atoms. The van der Waals surface area contributed by atoms with Crippen LogP contribution in [0.2, 0.25) is 0 Å². The molecule has 7 heteroatoms. The predicted octanol–water partition coefficient (Wildman–Crippen LogP) is 0.277.